The van der Waals surface area contributed by atoms with Crippen molar-refractivity contribution < 1.29 is 0 Å². The molecule has 27 heavy (non-hydrogen) atoms. The quantitative estimate of drug-likeness (QED) is 0.676. The van der Waals surface area contributed by atoms with Crippen LogP contribution in [0.2, 0.25) is 0 Å². The molecule has 0 amide bonds. The number of aromatic amines is 1. The van der Waals surface area contributed by atoms with Crippen LogP contribution in [0.5, 0.6) is 0 Å². The summed E-state index contributed by atoms with van der Waals surface area (Å²) in [5, 5.41) is 8.08. The number of aromatic nitrogens is 1. The van der Waals surface area contributed by atoms with E-state index in [1.54, 1.807) is 0 Å². The van der Waals surface area contributed by atoms with E-state index in [0.29, 0.717) is 11.5 Å². The molecule has 1 aliphatic heterocycles. The third kappa shape index (κ3) is 3.88. The lowest BCUT2D eigenvalue weighted by atomic mass is 9.83. The SMILES string of the molecule is CCCN(C)Nc1ccc2cc(C3=NNC4C=C3CCC(C)(C)C4)[nH]c2c1. The van der Waals surface area contributed by atoms with Gasteiger partial charge >= 0.3 is 0 Å². The number of allylic oxidation sites excluding steroid dienone is 1. The number of nitrogens with one attached hydrogen (secondary N) is 3. The summed E-state index contributed by atoms with van der Waals surface area (Å²) < 4.78 is 0. The summed E-state index contributed by atoms with van der Waals surface area (Å²) >= 11 is 0. The lowest BCUT2D eigenvalue weighted by Gasteiger charge is -2.25. The summed E-state index contributed by atoms with van der Waals surface area (Å²) in [6.07, 6.45) is 6.94. The Balaban J connectivity index is 1.58. The maximum absolute atomic E-state index is 4.74. The van der Waals surface area contributed by atoms with Gasteiger partial charge in [-0.1, -0.05) is 32.9 Å². The first-order valence-corrected chi connectivity index (χ1v) is 10.1. The molecule has 5 heteroatoms. The molecule has 2 aliphatic rings. The fourth-order valence-electron chi connectivity index (χ4n) is 4.22. The maximum atomic E-state index is 4.74. The molecule has 144 valence electrons. The van der Waals surface area contributed by atoms with Crippen molar-refractivity contribution in [1.29, 1.82) is 0 Å². The Labute approximate surface area is 161 Å². The molecule has 5 nitrogen and oxygen atoms in total. The standard InChI is InChI=1S/C22H31N5/c1-5-10-27(4)26-17-7-6-15-12-20(23-19(15)13-17)21-16-8-9-22(2,3)14-18(11-16)24-25-21/h6-7,11-13,18,23-24,26H,5,8-10,14H2,1-4H3. The average Bonchev–Trinajstić information content (AvgIpc) is 2.98. The molecule has 1 aromatic carbocycles. The van der Waals surface area contributed by atoms with Crippen molar-refractivity contribution in [3.8, 4) is 0 Å². The van der Waals surface area contributed by atoms with Crippen molar-refractivity contribution >= 4 is 22.3 Å². The molecule has 1 aliphatic carbocycles. The first-order chi connectivity index (χ1) is 12.9. The summed E-state index contributed by atoms with van der Waals surface area (Å²) in [4.78, 5) is 3.59. The van der Waals surface area contributed by atoms with Crippen LogP contribution in [0.15, 0.2) is 41.0 Å². The Hall–Kier alpha value is -2.27. The van der Waals surface area contributed by atoms with E-state index in [4.69, 9.17) is 5.10 Å². The molecule has 1 aromatic heterocycles. The molecule has 1 atom stereocenters. The van der Waals surface area contributed by atoms with Crippen LogP contribution in [0.25, 0.3) is 10.9 Å². The van der Waals surface area contributed by atoms with Crippen LogP contribution in [0.3, 0.4) is 0 Å². The maximum Gasteiger partial charge on any atom is 0.109 e. The van der Waals surface area contributed by atoms with Crippen LogP contribution in [-0.4, -0.2) is 35.3 Å². The number of nitrogens with zero attached hydrogens (tertiary/aromatic N) is 2. The van der Waals surface area contributed by atoms with Gasteiger partial charge in [-0.3, -0.25) is 0 Å². The molecule has 0 saturated carbocycles. The summed E-state index contributed by atoms with van der Waals surface area (Å²) in [6.45, 7) is 7.92. The van der Waals surface area contributed by atoms with Crippen molar-refractivity contribution in [3.63, 3.8) is 0 Å². The fraction of sp³-hybridized carbons (Fsp3) is 0.500. The van der Waals surface area contributed by atoms with E-state index in [1.165, 1.54) is 17.4 Å². The van der Waals surface area contributed by atoms with Gasteiger partial charge in [-0.2, -0.15) is 5.10 Å². The number of hydrazine groups is 1. The summed E-state index contributed by atoms with van der Waals surface area (Å²) in [5.41, 5.74) is 12.9. The Morgan fingerprint density at radius 2 is 2.15 bits per heavy atom. The van der Waals surface area contributed by atoms with Gasteiger partial charge in [-0.15, -0.1) is 0 Å². The second-order valence-corrected chi connectivity index (χ2v) is 8.77. The molecule has 4 rings (SSSR count). The first kappa shape index (κ1) is 18.1. The summed E-state index contributed by atoms with van der Waals surface area (Å²) in [5.74, 6) is 0. The Bertz CT molecular complexity index is 889. The highest BCUT2D eigenvalue weighted by Crippen LogP contribution is 2.36. The van der Waals surface area contributed by atoms with Crippen LogP contribution in [0.1, 0.15) is 52.1 Å². The molecule has 0 radical (unpaired) electrons. The Kier molecular flexibility index (Phi) is 4.72. The largest absolute Gasteiger partial charge is 0.353 e. The minimum absolute atomic E-state index is 0.354. The van der Waals surface area contributed by atoms with E-state index in [1.807, 2.05) is 0 Å². The zero-order valence-corrected chi connectivity index (χ0v) is 16.9. The highest BCUT2D eigenvalue weighted by molar-refractivity contribution is 6.13. The molecule has 2 bridgehead atoms. The average molecular weight is 366 g/mol. The fourth-order valence-corrected chi connectivity index (χ4v) is 4.22. The molecule has 0 spiro atoms. The van der Waals surface area contributed by atoms with E-state index in [0.717, 1.165) is 48.4 Å². The lowest BCUT2D eigenvalue weighted by Crippen LogP contribution is -2.31. The van der Waals surface area contributed by atoms with Crippen molar-refractivity contribution in [2.24, 2.45) is 10.5 Å². The molecular formula is C22H31N5. The highest BCUT2D eigenvalue weighted by Gasteiger charge is 2.30. The third-order valence-corrected chi connectivity index (χ3v) is 5.65. The van der Waals surface area contributed by atoms with Crippen molar-refractivity contribution in [2.45, 2.75) is 52.5 Å². The molecule has 0 saturated heterocycles. The Morgan fingerprint density at radius 3 is 2.96 bits per heavy atom. The predicted molar refractivity (Wildman–Crippen MR) is 114 cm³/mol. The molecule has 3 N–H and O–H groups in total. The van der Waals surface area contributed by atoms with Crippen LogP contribution in [0, 0.1) is 5.41 Å². The van der Waals surface area contributed by atoms with Gasteiger partial charge < -0.3 is 15.8 Å². The van der Waals surface area contributed by atoms with Crippen molar-refractivity contribution in [1.82, 2.24) is 15.4 Å². The summed E-state index contributed by atoms with van der Waals surface area (Å²) in [7, 11) is 2.08. The van der Waals surface area contributed by atoms with Crippen molar-refractivity contribution in [2.75, 3.05) is 19.0 Å². The third-order valence-electron chi connectivity index (χ3n) is 5.65. The Morgan fingerprint density at radius 1 is 1.30 bits per heavy atom. The number of H-pyrrole nitrogens is 1. The van der Waals surface area contributed by atoms with Gasteiger partial charge in [0.25, 0.3) is 0 Å². The summed E-state index contributed by atoms with van der Waals surface area (Å²) in [6, 6.07) is 9.05. The molecule has 2 aromatic rings. The number of benzene rings is 1. The van der Waals surface area contributed by atoms with Crippen LogP contribution in [0.4, 0.5) is 5.69 Å². The topological polar surface area (TPSA) is 55.4 Å². The van der Waals surface area contributed by atoms with E-state index < -0.39 is 0 Å². The van der Waals surface area contributed by atoms with Crippen molar-refractivity contribution in [3.05, 3.63) is 41.6 Å². The first-order valence-electron chi connectivity index (χ1n) is 10.1. The minimum Gasteiger partial charge on any atom is -0.353 e. The smallest absolute Gasteiger partial charge is 0.109 e. The van der Waals surface area contributed by atoms with Gasteiger partial charge in [0.1, 0.15) is 5.71 Å². The molecular weight excluding hydrogens is 334 g/mol. The van der Waals surface area contributed by atoms with E-state index >= 15 is 0 Å². The predicted octanol–water partition coefficient (Wildman–Crippen LogP) is 4.65. The van der Waals surface area contributed by atoms with Gasteiger partial charge in [0, 0.05) is 24.5 Å². The number of hydrazone groups is 1. The zero-order valence-electron chi connectivity index (χ0n) is 16.9. The van der Waals surface area contributed by atoms with Gasteiger partial charge in [-0.25, -0.2) is 5.01 Å². The van der Waals surface area contributed by atoms with E-state index in [-0.39, 0.29) is 0 Å². The lowest BCUT2D eigenvalue weighted by molar-refractivity contribution is 0.291. The van der Waals surface area contributed by atoms with E-state index in [9.17, 15) is 0 Å². The number of fused-ring (bicyclic) bond motifs is 2. The van der Waals surface area contributed by atoms with Gasteiger partial charge in [0.15, 0.2) is 0 Å². The number of hydrogen-bond donors (Lipinski definition) is 3. The number of anilines is 1. The number of hydrogen-bond acceptors (Lipinski definition) is 4. The zero-order chi connectivity index (χ0) is 19.0. The van der Waals surface area contributed by atoms with Gasteiger partial charge in [0.05, 0.1) is 17.4 Å². The van der Waals surface area contributed by atoms with Crippen LogP contribution in [-0.2, 0) is 0 Å². The number of rotatable bonds is 5. The minimum atomic E-state index is 0.354. The van der Waals surface area contributed by atoms with Crippen LogP contribution < -0.4 is 10.9 Å². The molecule has 1 unspecified atom stereocenters. The second kappa shape index (κ2) is 7.04. The normalized spacial score (nSPS) is 21.4. The van der Waals surface area contributed by atoms with E-state index in [2.05, 4.69) is 79.0 Å². The second-order valence-electron chi connectivity index (χ2n) is 8.77. The van der Waals surface area contributed by atoms with Crippen LogP contribution >= 0.6 is 0 Å². The molecule has 2 heterocycles. The van der Waals surface area contributed by atoms with Gasteiger partial charge in [-0.05, 0) is 54.9 Å². The van der Waals surface area contributed by atoms with Gasteiger partial charge in [0.2, 0.25) is 0 Å². The highest BCUT2D eigenvalue weighted by atomic mass is 15.5. The molecule has 0 fully saturated rings. The monoisotopic (exact) mass is 365 g/mol.